The maximum atomic E-state index is 11.9. The van der Waals surface area contributed by atoms with Gasteiger partial charge in [-0.3, -0.25) is 4.79 Å². The smallest absolute Gasteiger partial charge is 0.259 e. The lowest BCUT2D eigenvalue weighted by molar-refractivity contribution is 0.102. The Balaban J connectivity index is 2.28. The number of anilines is 1. The molecule has 0 spiro atoms. The minimum absolute atomic E-state index is 0.0717. The first kappa shape index (κ1) is 12.7. The first-order chi connectivity index (χ1) is 8.58. The standard InChI is InChI=1S/C12H8Cl2N2O2/c13-7-3-4-10(17)8(6-7)12(18)16-9-2-1-5-15-11(9)14/h1-6,17H,(H,16,18). The third-order valence-electron chi connectivity index (χ3n) is 2.21. The van der Waals surface area contributed by atoms with E-state index < -0.39 is 5.91 Å². The molecule has 2 aromatic rings. The fraction of sp³-hybridized carbons (Fsp3) is 0. The summed E-state index contributed by atoms with van der Waals surface area (Å²) in [6.45, 7) is 0. The zero-order valence-corrected chi connectivity index (χ0v) is 10.5. The van der Waals surface area contributed by atoms with E-state index in [-0.39, 0.29) is 16.5 Å². The molecule has 2 rings (SSSR count). The average Bonchev–Trinajstić information content (AvgIpc) is 2.35. The number of carbonyl (C=O) groups excluding carboxylic acids is 1. The fourth-order valence-electron chi connectivity index (χ4n) is 1.36. The molecular weight excluding hydrogens is 275 g/mol. The Bertz CT molecular complexity index is 602. The van der Waals surface area contributed by atoms with E-state index in [1.807, 2.05) is 0 Å². The number of carbonyl (C=O) groups is 1. The summed E-state index contributed by atoms with van der Waals surface area (Å²) in [5, 5.41) is 12.7. The summed E-state index contributed by atoms with van der Waals surface area (Å²) in [5.41, 5.74) is 0.436. The Labute approximate surface area is 113 Å². The summed E-state index contributed by atoms with van der Waals surface area (Å²) in [7, 11) is 0. The third-order valence-corrected chi connectivity index (χ3v) is 2.75. The number of hydrogen-bond donors (Lipinski definition) is 2. The van der Waals surface area contributed by atoms with E-state index in [4.69, 9.17) is 23.2 Å². The van der Waals surface area contributed by atoms with E-state index >= 15 is 0 Å². The highest BCUT2D eigenvalue weighted by Gasteiger charge is 2.13. The molecule has 0 saturated carbocycles. The van der Waals surface area contributed by atoms with Crippen LogP contribution in [0.25, 0.3) is 0 Å². The van der Waals surface area contributed by atoms with Gasteiger partial charge in [-0.1, -0.05) is 23.2 Å². The molecule has 0 saturated heterocycles. The fourth-order valence-corrected chi connectivity index (χ4v) is 1.70. The van der Waals surface area contributed by atoms with Gasteiger partial charge in [-0.2, -0.15) is 0 Å². The molecule has 2 N–H and O–H groups in total. The monoisotopic (exact) mass is 282 g/mol. The molecule has 0 atom stereocenters. The SMILES string of the molecule is O=C(Nc1cccnc1Cl)c1cc(Cl)ccc1O. The van der Waals surface area contributed by atoms with Gasteiger partial charge in [-0.25, -0.2) is 4.98 Å². The number of aromatic nitrogens is 1. The highest BCUT2D eigenvalue weighted by Crippen LogP contribution is 2.24. The van der Waals surface area contributed by atoms with Gasteiger partial charge in [0, 0.05) is 11.2 Å². The number of benzene rings is 1. The van der Waals surface area contributed by atoms with Gasteiger partial charge in [0.05, 0.1) is 11.3 Å². The summed E-state index contributed by atoms with van der Waals surface area (Å²) in [5.74, 6) is -0.665. The minimum Gasteiger partial charge on any atom is -0.507 e. The molecule has 4 nitrogen and oxygen atoms in total. The summed E-state index contributed by atoms with van der Waals surface area (Å²) in [4.78, 5) is 15.8. The normalized spacial score (nSPS) is 10.1. The van der Waals surface area contributed by atoms with Crippen molar-refractivity contribution < 1.29 is 9.90 Å². The van der Waals surface area contributed by atoms with Crippen LogP contribution in [0.1, 0.15) is 10.4 Å². The molecule has 1 amide bonds. The number of rotatable bonds is 2. The van der Waals surface area contributed by atoms with Crippen molar-refractivity contribution in [2.45, 2.75) is 0 Å². The molecule has 18 heavy (non-hydrogen) atoms. The van der Waals surface area contributed by atoms with Crippen LogP contribution < -0.4 is 5.32 Å². The van der Waals surface area contributed by atoms with Crippen molar-refractivity contribution in [3.05, 3.63) is 52.3 Å². The first-order valence-electron chi connectivity index (χ1n) is 4.98. The minimum atomic E-state index is -0.509. The number of aromatic hydroxyl groups is 1. The summed E-state index contributed by atoms with van der Waals surface area (Å²) in [6, 6.07) is 7.46. The van der Waals surface area contributed by atoms with Crippen molar-refractivity contribution in [3.8, 4) is 5.75 Å². The lowest BCUT2D eigenvalue weighted by Crippen LogP contribution is -2.12. The van der Waals surface area contributed by atoms with Crippen molar-refractivity contribution in [1.82, 2.24) is 4.98 Å². The highest BCUT2D eigenvalue weighted by molar-refractivity contribution is 6.33. The van der Waals surface area contributed by atoms with Crippen molar-refractivity contribution in [2.75, 3.05) is 5.32 Å². The Morgan fingerprint density at radius 3 is 2.78 bits per heavy atom. The Morgan fingerprint density at radius 2 is 2.06 bits per heavy atom. The van der Waals surface area contributed by atoms with Crippen molar-refractivity contribution in [1.29, 1.82) is 0 Å². The van der Waals surface area contributed by atoms with Crippen molar-refractivity contribution in [3.63, 3.8) is 0 Å². The quantitative estimate of drug-likeness (QED) is 0.831. The lowest BCUT2D eigenvalue weighted by Gasteiger charge is -2.07. The van der Waals surface area contributed by atoms with E-state index in [2.05, 4.69) is 10.3 Å². The summed E-state index contributed by atoms with van der Waals surface area (Å²) >= 11 is 11.6. The van der Waals surface area contributed by atoms with Crippen LogP contribution in [0.3, 0.4) is 0 Å². The predicted octanol–water partition coefficient (Wildman–Crippen LogP) is 3.35. The number of phenolic OH excluding ortho intramolecular Hbond substituents is 1. The van der Waals surface area contributed by atoms with Gasteiger partial charge in [0.1, 0.15) is 5.75 Å². The number of hydrogen-bond acceptors (Lipinski definition) is 3. The average molecular weight is 283 g/mol. The molecule has 0 aliphatic rings. The molecular formula is C12H8Cl2N2O2. The molecule has 92 valence electrons. The van der Waals surface area contributed by atoms with Crippen molar-refractivity contribution in [2.24, 2.45) is 0 Å². The lowest BCUT2D eigenvalue weighted by atomic mass is 10.2. The number of phenols is 1. The number of nitrogens with one attached hydrogen (secondary N) is 1. The van der Waals surface area contributed by atoms with E-state index in [9.17, 15) is 9.90 Å². The largest absolute Gasteiger partial charge is 0.507 e. The molecule has 0 radical (unpaired) electrons. The molecule has 0 aliphatic carbocycles. The Hall–Kier alpha value is -1.78. The Morgan fingerprint density at radius 1 is 1.28 bits per heavy atom. The molecule has 0 bridgehead atoms. The van der Waals surface area contributed by atoms with E-state index in [0.717, 1.165) is 0 Å². The number of nitrogens with zero attached hydrogens (tertiary/aromatic N) is 1. The second kappa shape index (κ2) is 5.25. The van der Waals surface area contributed by atoms with Crippen LogP contribution in [0, 0.1) is 0 Å². The van der Waals surface area contributed by atoms with E-state index in [0.29, 0.717) is 10.7 Å². The van der Waals surface area contributed by atoms with Crippen LogP contribution in [0.2, 0.25) is 10.2 Å². The van der Waals surface area contributed by atoms with Gasteiger partial charge in [0.15, 0.2) is 5.15 Å². The molecule has 1 aromatic carbocycles. The number of halogens is 2. The third kappa shape index (κ3) is 2.72. The van der Waals surface area contributed by atoms with Crippen LogP contribution in [0.15, 0.2) is 36.5 Å². The summed E-state index contributed by atoms with van der Waals surface area (Å²) in [6.07, 6.45) is 1.51. The molecule has 1 heterocycles. The molecule has 1 aromatic heterocycles. The predicted molar refractivity (Wildman–Crippen MR) is 70.3 cm³/mol. The van der Waals surface area contributed by atoms with Gasteiger partial charge < -0.3 is 10.4 Å². The zero-order valence-electron chi connectivity index (χ0n) is 9.02. The van der Waals surface area contributed by atoms with Gasteiger partial charge in [-0.15, -0.1) is 0 Å². The van der Waals surface area contributed by atoms with Crippen LogP contribution in [0.4, 0.5) is 5.69 Å². The topological polar surface area (TPSA) is 62.2 Å². The second-order valence-electron chi connectivity index (χ2n) is 3.46. The summed E-state index contributed by atoms with van der Waals surface area (Å²) < 4.78 is 0. The first-order valence-corrected chi connectivity index (χ1v) is 5.74. The van der Waals surface area contributed by atoms with E-state index in [1.165, 1.54) is 24.4 Å². The number of amides is 1. The van der Waals surface area contributed by atoms with Gasteiger partial charge in [0.25, 0.3) is 5.91 Å². The van der Waals surface area contributed by atoms with E-state index in [1.54, 1.807) is 12.1 Å². The van der Waals surface area contributed by atoms with Crippen LogP contribution in [-0.2, 0) is 0 Å². The highest BCUT2D eigenvalue weighted by atomic mass is 35.5. The van der Waals surface area contributed by atoms with Crippen LogP contribution in [-0.4, -0.2) is 16.0 Å². The maximum absolute atomic E-state index is 11.9. The van der Waals surface area contributed by atoms with Crippen LogP contribution in [0.5, 0.6) is 5.75 Å². The molecule has 0 fully saturated rings. The molecule has 0 aliphatic heterocycles. The Kier molecular flexibility index (Phi) is 3.69. The maximum Gasteiger partial charge on any atom is 0.259 e. The zero-order chi connectivity index (χ0) is 13.1. The second-order valence-corrected chi connectivity index (χ2v) is 4.25. The van der Waals surface area contributed by atoms with Gasteiger partial charge in [0.2, 0.25) is 0 Å². The number of pyridine rings is 1. The van der Waals surface area contributed by atoms with Gasteiger partial charge in [-0.05, 0) is 30.3 Å². The molecule has 6 heteroatoms. The van der Waals surface area contributed by atoms with Crippen LogP contribution >= 0.6 is 23.2 Å². The molecule has 0 unspecified atom stereocenters. The van der Waals surface area contributed by atoms with Crippen molar-refractivity contribution >= 4 is 34.8 Å². The van der Waals surface area contributed by atoms with Gasteiger partial charge >= 0.3 is 0 Å².